The van der Waals surface area contributed by atoms with Gasteiger partial charge in [0.2, 0.25) is 0 Å². The lowest BCUT2D eigenvalue weighted by atomic mass is 10.2. The highest BCUT2D eigenvalue weighted by molar-refractivity contribution is 5.93. The van der Waals surface area contributed by atoms with E-state index < -0.39 is 0 Å². The van der Waals surface area contributed by atoms with Crippen LogP contribution in [0.1, 0.15) is 23.7 Å². The molecule has 1 unspecified atom stereocenters. The number of quaternary nitrogens is 1. The molecule has 0 bridgehead atoms. The molecule has 0 saturated carbocycles. The molecule has 0 aliphatic carbocycles. The predicted octanol–water partition coefficient (Wildman–Crippen LogP) is 0.113. The van der Waals surface area contributed by atoms with Crippen molar-refractivity contribution in [1.82, 2.24) is 10.9 Å². The highest BCUT2D eigenvalue weighted by Crippen LogP contribution is 1.99. The molecule has 0 spiro atoms. The SMILES string of the molecule is CC[NH+]1CC=C(NNC(=O)c2ccccc2)CC1. The van der Waals surface area contributed by atoms with Gasteiger partial charge < -0.3 is 10.3 Å². The molecule has 1 amide bonds. The largest absolute Gasteiger partial charge is 0.332 e. The Morgan fingerprint density at radius 3 is 2.72 bits per heavy atom. The highest BCUT2D eigenvalue weighted by atomic mass is 16.2. The van der Waals surface area contributed by atoms with E-state index in [1.54, 1.807) is 17.0 Å². The average Bonchev–Trinajstić information content (AvgIpc) is 2.46. The molecule has 96 valence electrons. The number of carbonyl (C=O) groups is 1. The Morgan fingerprint density at radius 1 is 1.33 bits per heavy atom. The number of hydrogen-bond donors (Lipinski definition) is 3. The van der Waals surface area contributed by atoms with Gasteiger partial charge in [0, 0.05) is 17.7 Å². The molecule has 1 atom stereocenters. The van der Waals surface area contributed by atoms with Crippen molar-refractivity contribution in [3.63, 3.8) is 0 Å². The second kappa shape index (κ2) is 6.21. The van der Waals surface area contributed by atoms with Crippen LogP contribution in [-0.4, -0.2) is 25.5 Å². The van der Waals surface area contributed by atoms with Crippen molar-refractivity contribution >= 4 is 5.91 Å². The number of benzene rings is 1. The molecule has 1 aliphatic rings. The fourth-order valence-corrected chi connectivity index (χ4v) is 2.02. The molecule has 4 heteroatoms. The molecule has 1 aromatic carbocycles. The van der Waals surface area contributed by atoms with Crippen molar-refractivity contribution in [1.29, 1.82) is 0 Å². The van der Waals surface area contributed by atoms with Crippen LogP contribution in [0.25, 0.3) is 0 Å². The lowest BCUT2D eigenvalue weighted by Crippen LogP contribution is -3.12. The number of hydrazine groups is 1. The van der Waals surface area contributed by atoms with Crippen molar-refractivity contribution in [2.45, 2.75) is 13.3 Å². The number of rotatable bonds is 4. The summed E-state index contributed by atoms with van der Waals surface area (Å²) in [5.74, 6) is -0.0956. The molecule has 1 aromatic rings. The summed E-state index contributed by atoms with van der Waals surface area (Å²) in [6.45, 7) is 5.50. The molecule has 0 aromatic heterocycles. The normalized spacial score (nSPS) is 18.9. The van der Waals surface area contributed by atoms with Crippen LogP contribution in [0.4, 0.5) is 0 Å². The number of carbonyl (C=O) groups excluding carboxylic acids is 1. The van der Waals surface area contributed by atoms with Crippen LogP contribution >= 0.6 is 0 Å². The van der Waals surface area contributed by atoms with Gasteiger partial charge in [0.1, 0.15) is 0 Å². The maximum Gasteiger partial charge on any atom is 0.269 e. The quantitative estimate of drug-likeness (QED) is 0.661. The Morgan fingerprint density at radius 2 is 2.11 bits per heavy atom. The maximum absolute atomic E-state index is 11.8. The second-order valence-electron chi connectivity index (χ2n) is 4.48. The first-order valence-electron chi connectivity index (χ1n) is 6.43. The molecule has 2 rings (SSSR count). The Balaban J connectivity index is 1.82. The molecule has 18 heavy (non-hydrogen) atoms. The minimum Gasteiger partial charge on any atom is -0.332 e. The zero-order valence-electron chi connectivity index (χ0n) is 10.7. The summed E-state index contributed by atoms with van der Waals surface area (Å²) in [7, 11) is 0. The Hall–Kier alpha value is -1.81. The minimum absolute atomic E-state index is 0.0956. The van der Waals surface area contributed by atoms with Crippen molar-refractivity contribution in [3.8, 4) is 0 Å². The van der Waals surface area contributed by atoms with Gasteiger partial charge in [-0.15, -0.1) is 0 Å². The highest BCUT2D eigenvalue weighted by Gasteiger charge is 2.13. The zero-order valence-corrected chi connectivity index (χ0v) is 10.7. The van der Waals surface area contributed by atoms with Gasteiger partial charge >= 0.3 is 0 Å². The monoisotopic (exact) mass is 246 g/mol. The van der Waals surface area contributed by atoms with E-state index in [4.69, 9.17) is 0 Å². The van der Waals surface area contributed by atoms with Gasteiger partial charge in [0.15, 0.2) is 0 Å². The van der Waals surface area contributed by atoms with Crippen LogP contribution in [0.2, 0.25) is 0 Å². The summed E-state index contributed by atoms with van der Waals surface area (Å²) in [6.07, 6.45) is 3.14. The second-order valence-corrected chi connectivity index (χ2v) is 4.48. The van der Waals surface area contributed by atoms with E-state index in [1.807, 2.05) is 18.2 Å². The van der Waals surface area contributed by atoms with Crippen molar-refractivity contribution in [2.24, 2.45) is 0 Å². The number of nitrogens with one attached hydrogen (secondary N) is 3. The van der Waals surface area contributed by atoms with E-state index >= 15 is 0 Å². The smallest absolute Gasteiger partial charge is 0.269 e. The van der Waals surface area contributed by atoms with Gasteiger partial charge in [-0.05, 0) is 25.1 Å². The molecule has 3 N–H and O–H groups in total. The van der Waals surface area contributed by atoms with E-state index in [2.05, 4.69) is 23.9 Å². The number of amides is 1. The molecule has 0 radical (unpaired) electrons. The Bertz CT molecular complexity index is 428. The third kappa shape index (κ3) is 3.34. The van der Waals surface area contributed by atoms with E-state index in [9.17, 15) is 4.79 Å². The van der Waals surface area contributed by atoms with Crippen molar-refractivity contribution in [2.75, 3.05) is 19.6 Å². The van der Waals surface area contributed by atoms with Crippen LogP contribution in [0.15, 0.2) is 42.1 Å². The topological polar surface area (TPSA) is 45.6 Å². The minimum atomic E-state index is -0.0956. The lowest BCUT2D eigenvalue weighted by molar-refractivity contribution is -0.893. The summed E-state index contributed by atoms with van der Waals surface area (Å²) >= 11 is 0. The predicted molar refractivity (Wildman–Crippen MR) is 71.0 cm³/mol. The fourth-order valence-electron chi connectivity index (χ4n) is 2.02. The lowest BCUT2D eigenvalue weighted by Gasteiger charge is -2.22. The summed E-state index contributed by atoms with van der Waals surface area (Å²) in [6, 6.07) is 9.22. The maximum atomic E-state index is 11.8. The zero-order chi connectivity index (χ0) is 12.8. The van der Waals surface area contributed by atoms with E-state index in [0.29, 0.717) is 5.56 Å². The summed E-state index contributed by atoms with van der Waals surface area (Å²) < 4.78 is 0. The summed E-state index contributed by atoms with van der Waals surface area (Å²) in [5, 5.41) is 0. The van der Waals surface area contributed by atoms with Crippen molar-refractivity contribution < 1.29 is 9.69 Å². The Labute approximate surface area is 108 Å². The van der Waals surface area contributed by atoms with Gasteiger partial charge in [-0.25, -0.2) is 0 Å². The third-order valence-corrected chi connectivity index (χ3v) is 3.26. The van der Waals surface area contributed by atoms with Crippen LogP contribution in [0.3, 0.4) is 0 Å². The third-order valence-electron chi connectivity index (χ3n) is 3.26. The van der Waals surface area contributed by atoms with Crippen LogP contribution in [0, 0.1) is 0 Å². The number of likely N-dealkylation sites (N-methyl/N-ethyl adjacent to an activating group) is 1. The Kier molecular flexibility index (Phi) is 4.36. The summed E-state index contributed by atoms with van der Waals surface area (Å²) in [4.78, 5) is 13.4. The van der Waals surface area contributed by atoms with Gasteiger partial charge in [-0.2, -0.15) is 0 Å². The van der Waals surface area contributed by atoms with Gasteiger partial charge in [0.05, 0.1) is 19.6 Å². The van der Waals surface area contributed by atoms with E-state index in [0.717, 1.165) is 31.8 Å². The molecule has 1 heterocycles. The van der Waals surface area contributed by atoms with Crippen LogP contribution in [0.5, 0.6) is 0 Å². The molecule has 0 saturated heterocycles. The number of hydrogen-bond acceptors (Lipinski definition) is 2. The summed E-state index contributed by atoms with van der Waals surface area (Å²) in [5.41, 5.74) is 7.52. The first kappa shape index (κ1) is 12.6. The van der Waals surface area contributed by atoms with Crippen LogP contribution in [-0.2, 0) is 0 Å². The first-order valence-corrected chi connectivity index (χ1v) is 6.43. The fraction of sp³-hybridized carbons (Fsp3) is 0.357. The van der Waals surface area contributed by atoms with Gasteiger partial charge in [-0.1, -0.05) is 18.2 Å². The molecule has 1 aliphatic heterocycles. The molecular weight excluding hydrogens is 226 g/mol. The van der Waals surface area contributed by atoms with Crippen molar-refractivity contribution in [3.05, 3.63) is 47.7 Å². The standard InChI is InChI=1S/C14H19N3O/c1-2-17-10-8-13(9-11-17)15-16-14(18)12-6-4-3-5-7-12/h3-8,15H,2,9-11H2,1H3,(H,16,18)/p+1. The van der Waals surface area contributed by atoms with Crippen LogP contribution < -0.4 is 15.8 Å². The van der Waals surface area contributed by atoms with Gasteiger partial charge in [-0.3, -0.25) is 10.2 Å². The van der Waals surface area contributed by atoms with E-state index in [1.165, 1.54) is 0 Å². The molecule has 4 nitrogen and oxygen atoms in total. The van der Waals surface area contributed by atoms with Gasteiger partial charge in [0.25, 0.3) is 5.91 Å². The van der Waals surface area contributed by atoms with E-state index in [-0.39, 0.29) is 5.91 Å². The first-order chi connectivity index (χ1) is 8.79. The molecule has 0 fully saturated rings. The molecular formula is C14H20N3O+. The average molecular weight is 246 g/mol.